The third kappa shape index (κ3) is 4.47. The number of pyridine rings is 1. The molecule has 1 N–H and O–H groups in total. The number of benzene rings is 1. The van der Waals surface area contributed by atoms with Gasteiger partial charge >= 0.3 is 0 Å². The number of aromatic nitrogens is 1. The maximum Gasteiger partial charge on any atom is 0.255 e. The summed E-state index contributed by atoms with van der Waals surface area (Å²) in [6, 6.07) is 10.8. The van der Waals surface area contributed by atoms with Crippen molar-refractivity contribution in [2.75, 3.05) is 14.1 Å². The normalized spacial score (nSPS) is 14.8. The molecule has 28 heavy (non-hydrogen) atoms. The number of carbonyl (C=O) groups is 2. The van der Waals surface area contributed by atoms with E-state index in [1.54, 1.807) is 44.6 Å². The van der Waals surface area contributed by atoms with Crippen molar-refractivity contribution in [3.05, 3.63) is 65.4 Å². The van der Waals surface area contributed by atoms with Crippen molar-refractivity contribution in [3.63, 3.8) is 0 Å². The molecule has 0 saturated heterocycles. The van der Waals surface area contributed by atoms with Gasteiger partial charge in [-0.05, 0) is 56.9 Å². The van der Waals surface area contributed by atoms with Crippen LogP contribution in [0, 0.1) is 0 Å². The van der Waals surface area contributed by atoms with E-state index in [9.17, 15) is 9.59 Å². The van der Waals surface area contributed by atoms with Gasteiger partial charge in [-0.15, -0.1) is 0 Å². The second-order valence-electron chi connectivity index (χ2n) is 7.40. The van der Waals surface area contributed by atoms with Gasteiger partial charge in [0.25, 0.3) is 11.8 Å². The van der Waals surface area contributed by atoms with Gasteiger partial charge in [-0.25, -0.2) is 0 Å². The predicted molar refractivity (Wildman–Crippen MR) is 111 cm³/mol. The fourth-order valence-corrected chi connectivity index (χ4v) is 3.49. The summed E-state index contributed by atoms with van der Waals surface area (Å²) in [5, 5.41) is 3.10. The molecule has 146 valence electrons. The highest BCUT2D eigenvalue weighted by Gasteiger charge is 2.18. The number of amides is 2. The Kier molecular flexibility index (Phi) is 6.24. The molecule has 1 aromatic heterocycles. The number of hydrogen-bond acceptors (Lipinski definition) is 3. The van der Waals surface area contributed by atoms with Gasteiger partial charge in [0.15, 0.2) is 0 Å². The number of rotatable bonds is 5. The molecule has 1 unspecified atom stereocenters. The SMILES string of the molecule is CC(NC(=O)c1cccc(-c2ncccc2C(=O)N(C)C)c1)C1=CCCCC1. The quantitative estimate of drug-likeness (QED) is 0.799. The molecule has 5 nitrogen and oxygen atoms in total. The summed E-state index contributed by atoms with van der Waals surface area (Å²) in [5.41, 5.74) is 3.72. The number of nitrogens with zero attached hydrogens (tertiary/aromatic N) is 2. The van der Waals surface area contributed by atoms with E-state index in [1.807, 2.05) is 19.1 Å². The van der Waals surface area contributed by atoms with Crippen LogP contribution in [0.15, 0.2) is 54.2 Å². The van der Waals surface area contributed by atoms with Gasteiger partial charge in [0.1, 0.15) is 0 Å². The molecule has 1 aliphatic carbocycles. The highest BCUT2D eigenvalue weighted by molar-refractivity contribution is 6.01. The van der Waals surface area contributed by atoms with Gasteiger partial charge in [-0.3, -0.25) is 14.6 Å². The molecule has 5 heteroatoms. The van der Waals surface area contributed by atoms with E-state index >= 15 is 0 Å². The highest BCUT2D eigenvalue weighted by Crippen LogP contribution is 2.24. The summed E-state index contributed by atoms with van der Waals surface area (Å²) in [4.78, 5) is 31.2. The molecular formula is C23H27N3O2. The molecular weight excluding hydrogens is 350 g/mol. The second-order valence-corrected chi connectivity index (χ2v) is 7.40. The van der Waals surface area contributed by atoms with Crippen LogP contribution in [0.3, 0.4) is 0 Å². The van der Waals surface area contributed by atoms with E-state index in [-0.39, 0.29) is 17.9 Å². The van der Waals surface area contributed by atoms with Crippen LogP contribution in [-0.2, 0) is 0 Å². The lowest BCUT2D eigenvalue weighted by molar-refractivity contribution is 0.0827. The summed E-state index contributed by atoms with van der Waals surface area (Å²) in [5.74, 6) is -0.229. The first-order valence-electron chi connectivity index (χ1n) is 9.74. The fourth-order valence-electron chi connectivity index (χ4n) is 3.49. The zero-order valence-electron chi connectivity index (χ0n) is 16.7. The van der Waals surface area contributed by atoms with E-state index in [1.165, 1.54) is 23.3 Å². The minimum Gasteiger partial charge on any atom is -0.346 e. The van der Waals surface area contributed by atoms with Crippen LogP contribution in [0.4, 0.5) is 0 Å². The first kappa shape index (κ1) is 19.8. The summed E-state index contributed by atoms with van der Waals surface area (Å²) in [7, 11) is 3.43. The number of nitrogens with one attached hydrogen (secondary N) is 1. The molecule has 0 aliphatic heterocycles. The summed E-state index contributed by atoms with van der Waals surface area (Å²) >= 11 is 0. The molecule has 1 heterocycles. The van der Waals surface area contributed by atoms with Crippen LogP contribution in [0.25, 0.3) is 11.3 Å². The largest absolute Gasteiger partial charge is 0.346 e. The van der Waals surface area contributed by atoms with E-state index in [0.717, 1.165) is 18.4 Å². The van der Waals surface area contributed by atoms with Crippen LogP contribution < -0.4 is 5.32 Å². The van der Waals surface area contributed by atoms with E-state index in [0.29, 0.717) is 16.8 Å². The third-order valence-corrected chi connectivity index (χ3v) is 5.07. The van der Waals surface area contributed by atoms with Gasteiger partial charge < -0.3 is 10.2 Å². The summed E-state index contributed by atoms with van der Waals surface area (Å²) in [6.45, 7) is 2.03. The van der Waals surface area contributed by atoms with Crippen molar-refractivity contribution < 1.29 is 9.59 Å². The first-order chi connectivity index (χ1) is 13.5. The van der Waals surface area contributed by atoms with Crippen molar-refractivity contribution in [2.45, 2.75) is 38.6 Å². The molecule has 1 atom stereocenters. The standard InChI is InChI=1S/C23H27N3O2/c1-16(17-9-5-4-6-10-17)25-22(27)19-12-7-11-18(15-19)21-20(13-8-14-24-21)23(28)26(2)3/h7-9,11-16H,4-6,10H2,1-3H3,(H,25,27). The molecule has 0 saturated carbocycles. The lowest BCUT2D eigenvalue weighted by Crippen LogP contribution is -2.34. The summed E-state index contributed by atoms with van der Waals surface area (Å²) < 4.78 is 0. The minimum absolute atomic E-state index is 0.0252. The molecule has 0 spiro atoms. The van der Waals surface area contributed by atoms with Crippen molar-refractivity contribution >= 4 is 11.8 Å². The second kappa shape index (κ2) is 8.83. The molecule has 0 bridgehead atoms. The smallest absolute Gasteiger partial charge is 0.255 e. The number of carbonyl (C=O) groups excluding carboxylic acids is 2. The average Bonchev–Trinajstić information content (AvgIpc) is 2.73. The fraction of sp³-hybridized carbons (Fsp3) is 0.348. The zero-order valence-corrected chi connectivity index (χ0v) is 16.7. The van der Waals surface area contributed by atoms with Crippen molar-refractivity contribution in [3.8, 4) is 11.3 Å². The van der Waals surface area contributed by atoms with E-state index < -0.39 is 0 Å². The summed E-state index contributed by atoms with van der Waals surface area (Å²) in [6.07, 6.45) is 8.46. The van der Waals surface area contributed by atoms with Crippen LogP contribution in [0.2, 0.25) is 0 Å². The lowest BCUT2D eigenvalue weighted by atomic mass is 9.94. The maximum absolute atomic E-state index is 12.8. The lowest BCUT2D eigenvalue weighted by Gasteiger charge is -2.21. The van der Waals surface area contributed by atoms with E-state index in [4.69, 9.17) is 0 Å². The Labute approximate surface area is 166 Å². The third-order valence-electron chi connectivity index (χ3n) is 5.07. The monoisotopic (exact) mass is 377 g/mol. The Balaban J connectivity index is 1.84. The van der Waals surface area contributed by atoms with Crippen LogP contribution >= 0.6 is 0 Å². The molecule has 1 aromatic carbocycles. The number of hydrogen-bond donors (Lipinski definition) is 1. The van der Waals surface area contributed by atoms with Crippen LogP contribution in [-0.4, -0.2) is 41.8 Å². The topological polar surface area (TPSA) is 62.3 Å². The Morgan fingerprint density at radius 1 is 1.14 bits per heavy atom. The van der Waals surface area contributed by atoms with Crippen LogP contribution in [0.5, 0.6) is 0 Å². The molecule has 2 amide bonds. The Bertz CT molecular complexity index is 902. The predicted octanol–water partition coefficient (Wildman–Crippen LogP) is 4.07. The molecule has 3 rings (SSSR count). The van der Waals surface area contributed by atoms with Gasteiger partial charge in [0.05, 0.1) is 11.3 Å². The van der Waals surface area contributed by atoms with Gasteiger partial charge in [-0.2, -0.15) is 0 Å². The van der Waals surface area contributed by atoms with Gasteiger partial charge in [0, 0.05) is 37.5 Å². The Hall–Kier alpha value is -2.95. The molecule has 2 aromatic rings. The number of allylic oxidation sites excluding steroid dienone is 1. The van der Waals surface area contributed by atoms with Gasteiger partial charge in [0.2, 0.25) is 0 Å². The van der Waals surface area contributed by atoms with Crippen molar-refractivity contribution in [1.29, 1.82) is 0 Å². The Morgan fingerprint density at radius 3 is 2.68 bits per heavy atom. The Morgan fingerprint density at radius 2 is 1.96 bits per heavy atom. The first-order valence-corrected chi connectivity index (χ1v) is 9.74. The highest BCUT2D eigenvalue weighted by atomic mass is 16.2. The van der Waals surface area contributed by atoms with Crippen LogP contribution in [0.1, 0.15) is 53.3 Å². The molecule has 0 radical (unpaired) electrons. The average molecular weight is 377 g/mol. The minimum atomic E-state index is -0.115. The molecule has 0 fully saturated rings. The van der Waals surface area contributed by atoms with E-state index in [2.05, 4.69) is 16.4 Å². The van der Waals surface area contributed by atoms with Gasteiger partial charge in [-0.1, -0.05) is 23.8 Å². The maximum atomic E-state index is 12.8. The molecule has 1 aliphatic rings. The van der Waals surface area contributed by atoms with Crippen molar-refractivity contribution in [2.24, 2.45) is 0 Å². The zero-order chi connectivity index (χ0) is 20.1. The van der Waals surface area contributed by atoms with Crippen molar-refractivity contribution in [1.82, 2.24) is 15.2 Å².